The lowest BCUT2D eigenvalue weighted by Crippen LogP contribution is -2.47. The average molecular weight is 471 g/mol. The average Bonchev–Trinajstić information content (AvgIpc) is 2.92. The van der Waals surface area contributed by atoms with E-state index in [1.54, 1.807) is 13.2 Å². The molecule has 4 aromatic rings. The predicted octanol–water partition coefficient (Wildman–Crippen LogP) is 4.98. The van der Waals surface area contributed by atoms with Gasteiger partial charge in [-0.1, -0.05) is 48.5 Å². The Bertz CT molecular complexity index is 1360. The molecule has 0 saturated carbocycles. The lowest BCUT2D eigenvalue weighted by atomic mass is 10.1. The van der Waals surface area contributed by atoms with E-state index >= 15 is 0 Å². The maximum Gasteiger partial charge on any atom is 0.196 e. The van der Waals surface area contributed by atoms with Gasteiger partial charge in [0.2, 0.25) is 0 Å². The highest BCUT2D eigenvalue weighted by Crippen LogP contribution is 2.31. The molecule has 0 amide bonds. The first-order valence-electron chi connectivity index (χ1n) is 12.0. The number of methoxy groups -OCH3 is 1. The largest absolute Gasteiger partial charge is 0.495 e. The van der Waals surface area contributed by atoms with Gasteiger partial charge in [0.1, 0.15) is 18.1 Å². The zero-order valence-corrected chi connectivity index (χ0v) is 20.2. The molecule has 0 aliphatic carbocycles. The number of para-hydroxylation sites is 3. The lowest BCUT2D eigenvalue weighted by molar-refractivity contribution is 0.200. The Labute approximate surface area is 205 Å². The SMILES string of the molecule is COc1ccccc1N1CCN(CCOc2cccc3c(=O)c(C)c(-c4ccccc4)oc23)CC1. The highest BCUT2D eigenvalue weighted by molar-refractivity contribution is 5.85. The van der Waals surface area contributed by atoms with Gasteiger partial charge in [-0.2, -0.15) is 0 Å². The van der Waals surface area contributed by atoms with E-state index in [4.69, 9.17) is 13.9 Å². The van der Waals surface area contributed by atoms with Crippen LogP contribution in [0, 0.1) is 6.92 Å². The Morgan fingerprint density at radius 3 is 2.34 bits per heavy atom. The van der Waals surface area contributed by atoms with Crippen LogP contribution in [0.1, 0.15) is 5.56 Å². The third-order valence-electron chi connectivity index (χ3n) is 6.61. The Hall–Kier alpha value is -3.77. The molecule has 6 nitrogen and oxygen atoms in total. The minimum atomic E-state index is -0.0250. The van der Waals surface area contributed by atoms with Crippen molar-refractivity contribution in [1.82, 2.24) is 4.90 Å². The van der Waals surface area contributed by atoms with Gasteiger partial charge >= 0.3 is 0 Å². The summed E-state index contributed by atoms with van der Waals surface area (Å²) in [4.78, 5) is 17.8. The zero-order valence-electron chi connectivity index (χ0n) is 20.2. The summed E-state index contributed by atoms with van der Waals surface area (Å²) in [6.07, 6.45) is 0. The molecule has 2 heterocycles. The molecule has 35 heavy (non-hydrogen) atoms. The topological polar surface area (TPSA) is 55.2 Å². The van der Waals surface area contributed by atoms with Crippen LogP contribution < -0.4 is 19.8 Å². The molecule has 1 fully saturated rings. The molecule has 6 heteroatoms. The van der Waals surface area contributed by atoms with Crippen LogP contribution in [-0.2, 0) is 0 Å². The molecule has 1 saturated heterocycles. The molecule has 0 bridgehead atoms. The summed E-state index contributed by atoms with van der Waals surface area (Å²) in [7, 11) is 1.71. The van der Waals surface area contributed by atoms with Crippen molar-refractivity contribution in [2.24, 2.45) is 0 Å². The molecule has 0 radical (unpaired) electrons. The van der Waals surface area contributed by atoms with Crippen molar-refractivity contribution in [3.63, 3.8) is 0 Å². The van der Waals surface area contributed by atoms with Crippen molar-refractivity contribution in [2.75, 3.05) is 51.3 Å². The summed E-state index contributed by atoms with van der Waals surface area (Å²) in [6.45, 7) is 6.90. The molecule has 0 N–H and O–H groups in total. The summed E-state index contributed by atoms with van der Waals surface area (Å²) >= 11 is 0. The van der Waals surface area contributed by atoms with E-state index in [0.717, 1.165) is 49.7 Å². The maximum atomic E-state index is 13.1. The van der Waals surface area contributed by atoms with Crippen molar-refractivity contribution in [1.29, 1.82) is 0 Å². The number of piperazine rings is 1. The minimum Gasteiger partial charge on any atom is -0.495 e. The maximum absolute atomic E-state index is 13.1. The summed E-state index contributed by atoms with van der Waals surface area (Å²) in [5.74, 6) is 2.10. The first-order chi connectivity index (χ1) is 17.2. The Balaban J connectivity index is 1.26. The number of fused-ring (bicyclic) bond motifs is 1. The Morgan fingerprint density at radius 2 is 1.57 bits per heavy atom. The van der Waals surface area contributed by atoms with E-state index in [-0.39, 0.29) is 5.43 Å². The van der Waals surface area contributed by atoms with Gasteiger partial charge in [-0.3, -0.25) is 9.69 Å². The van der Waals surface area contributed by atoms with Gasteiger partial charge in [0.05, 0.1) is 18.2 Å². The number of anilines is 1. The van der Waals surface area contributed by atoms with Crippen molar-refractivity contribution in [3.05, 3.63) is 88.6 Å². The van der Waals surface area contributed by atoms with Crippen LogP contribution in [-0.4, -0.2) is 51.3 Å². The van der Waals surface area contributed by atoms with Gasteiger partial charge in [0, 0.05) is 43.9 Å². The van der Waals surface area contributed by atoms with Crippen LogP contribution in [0.25, 0.3) is 22.3 Å². The van der Waals surface area contributed by atoms with Crippen LogP contribution in [0.3, 0.4) is 0 Å². The van der Waals surface area contributed by atoms with Gasteiger partial charge in [-0.15, -0.1) is 0 Å². The Kier molecular flexibility index (Phi) is 6.73. The number of hydrogen-bond acceptors (Lipinski definition) is 6. The smallest absolute Gasteiger partial charge is 0.196 e. The fourth-order valence-corrected chi connectivity index (χ4v) is 4.65. The van der Waals surface area contributed by atoms with Crippen molar-refractivity contribution < 1.29 is 13.9 Å². The predicted molar refractivity (Wildman–Crippen MR) is 140 cm³/mol. The summed E-state index contributed by atoms with van der Waals surface area (Å²) in [5, 5.41) is 0.546. The standard InChI is InChI=1S/C29H30N2O4/c1-21-27(32)23-11-8-14-26(29(23)35-28(21)22-9-4-3-5-10-22)34-20-19-30-15-17-31(18-16-30)24-12-6-7-13-25(24)33-2/h3-14H,15-20H2,1-2H3. The fourth-order valence-electron chi connectivity index (χ4n) is 4.65. The molecule has 3 aromatic carbocycles. The van der Waals surface area contributed by atoms with Crippen LogP contribution in [0.2, 0.25) is 0 Å². The number of nitrogens with zero attached hydrogens (tertiary/aromatic N) is 2. The molecule has 1 aromatic heterocycles. The van der Waals surface area contributed by atoms with Crippen LogP contribution >= 0.6 is 0 Å². The van der Waals surface area contributed by atoms with Crippen molar-refractivity contribution >= 4 is 16.7 Å². The number of benzene rings is 3. The fraction of sp³-hybridized carbons (Fsp3) is 0.276. The highest BCUT2D eigenvalue weighted by atomic mass is 16.5. The highest BCUT2D eigenvalue weighted by Gasteiger charge is 2.20. The summed E-state index contributed by atoms with van der Waals surface area (Å²) in [6, 6.07) is 23.4. The van der Waals surface area contributed by atoms with Gasteiger partial charge in [-0.25, -0.2) is 0 Å². The zero-order chi connectivity index (χ0) is 24.2. The molecule has 1 aliphatic heterocycles. The van der Waals surface area contributed by atoms with Gasteiger partial charge < -0.3 is 18.8 Å². The molecule has 0 unspecified atom stereocenters. The van der Waals surface area contributed by atoms with Crippen LogP contribution in [0.4, 0.5) is 5.69 Å². The second-order valence-corrected chi connectivity index (χ2v) is 8.73. The van der Waals surface area contributed by atoms with Crippen LogP contribution in [0.5, 0.6) is 11.5 Å². The van der Waals surface area contributed by atoms with Gasteiger partial charge in [-0.05, 0) is 31.2 Å². The molecular formula is C29H30N2O4. The van der Waals surface area contributed by atoms with Gasteiger partial charge in [0.25, 0.3) is 0 Å². The summed E-state index contributed by atoms with van der Waals surface area (Å²) in [5.41, 5.74) is 3.10. The van der Waals surface area contributed by atoms with Crippen molar-refractivity contribution in [3.8, 4) is 22.8 Å². The van der Waals surface area contributed by atoms with E-state index in [1.807, 2.05) is 67.6 Å². The second-order valence-electron chi connectivity index (χ2n) is 8.73. The first-order valence-corrected chi connectivity index (χ1v) is 12.0. The quantitative estimate of drug-likeness (QED) is 0.380. The number of hydrogen-bond donors (Lipinski definition) is 0. The third kappa shape index (κ3) is 4.75. The van der Waals surface area contributed by atoms with Crippen LogP contribution in [0.15, 0.2) is 82.0 Å². The normalized spacial score (nSPS) is 14.3. The Morgan fingerprint density at radius 1 is 0.857 bits per heavy atom. The molecule has 0 atom stereocenters. The summed E-state index contributed by atoms with van der Waals surface area (Å²) < 4.78 is 17.9. The lowest BCUT2D eigenvalue weighted by Gasteiger charge is -2.36. The van der Waals surface area contributed by atoms with E-state index in [0.29, 0.717) is 34.6 Å². The minimum absolute atomic E-state index is 0.0250. The van der Waals surface area contributed by atoms with E-state index in [1.165, 1.54) is 0 Å². The monoisotopic (exact) mass is 470 g/mol. The second kappa shape index (κ2) is 10.2. The number of ether oxygens (including phenoxy) is 2. The molecule has 180 valence electrons. The van der Waals surface area contributed by atoms with E-state index < -0.39 is 0 Å². The van der Waals surface area contributed by atoms with E-state index in [9.17, 15) is 4.79 Å². The molecule has 5 rings (SSSR count). The van der Waals surface area contributed by atoms with E-state index in [2.05, 4.69) is 15.9 Å². The molecule has 1 aliphatic rings. The number of rotatable bonds is 7. The van der Waals surface area contributed by atoms with Gasteiger partial charge in [0.15, 0.2) is 16.8 Å². The van der Waals surface area contributed by atoms with Crippen molar-refractivity contribution in [2.45, 2.75) is 6.92 Å². The molecular weight excluding hydrogens is 440 g/mol. The first kappa shape index (κ1) is 23.0. The third-order valence-corrected chi connectivity index (χ3v) is 6.61. The molecule has 0 spiro atoms.